The molecule has 0 saturated carbocycles. The van der Waals surface area contributed by atoms with Crippen LogP contribution < -0.4 is 21.0 Å². The SMILES string of the molecule is CC(=O)NC(C)(C(F)F)C(NC(=O)c1ccc(C#CC#Cc2ccc(N(C)C)cc2)cc1)C(=O)NO. The van der Waals surface area contributed by atoms with Gasteiger partial charge in [0.2, 0.25) is 5.91 Å². The maximum absolute atomic E-state index is 13.7. The number of alkyl halides is 2. The Morgan fingerprint density at radius 2 is 1.44 bits per heavy atom. The second-order valence-electron chi connectivity index (χ2n) is 8.17. The molecule has 36 heavy (non-hydrogen) atoms. The van der Waals surface area contributed by atoms with Crippen LogP contribution in [0.15, 0.2) is 48.5 Å². The summed E-state index contributed by atoms with van der Waals surface area (Å²) in [7, 11) is 3.88. The fourth-order valence-electron chi connectivity index (χ4n) is 3.15. The van der Waals surface area contributed by atoms with E-state index in [1.165, 1.54) is 29.7 Å². The second kappa shape index (κ2) is 12.3. The molecule has 188 valence electrons. The minimum Gasteiger partial charge on any atom is -0.378 e. The first-order chi connectivity index (χ1) is 17.0. The van der Waals surface area contributed by atoms with Crippen molar-refractivity contribution in [3.05, 3.63) is 65.2 Å². The maximum Gasteiger partial charge on any atom is 0.268 e. The molecule has 4 N–H and O–H groups in total. The molecule has 0 spiro atoms. The maximum atomic E-state index is 13.7. The summed E-state index contributed by atoms with van der Waals surface area (Å²) in [5.41, 5.74) is 1.20. The van der Waals surface area contributed by atoms with Gasteiger partial charge in [-0.05, 0) is 67.3 Å². The van der Waals surface area contributed by atoms with Crippen molar-refractivity contribution in [3.63, 3.8) is 0 Å². The smallest absolute Gasteiger partial charge is 0.268 e. The molecule has 2 atom stereocenters. The Bertz CT molecular complexity index is 1220. The van der Waals surface area contributed by atoms with Crippen LogP contribution in [0.4, 0.5) is 14.5 Å². The van der Waals surface area contributed by atoms with Crippen molar-refractivity contribution in [2.75, 3.05) is 19.0 Å². The largest absolute Gasteiger partial charge is 0.378 e. The van der Waals surface area contributed by atoms with Gasteiger partial charge >= 0.3 is 0 Å². The van der Waals surface area contributed by atoms with Gasteiger partial charge in [0.25, 0.3) is 18.2 Å². The summed E-state index contributed by atoms with van der Waals surface area (Å²) in [6.07, 6.45) is -3.24. The molecule has 8 nitrogen and oxygen atoms in total. The predicted molar refractivity (Wildman–Crippen MR) is 130 cm³/mol. The van der Waals surface area contributed by atoms with Gasteiger partial charge in [-0.1, -0.05) is 11.8 Å². The number of hydrogen-bond donors (Lipinski definition) is 4. The summed E-state index contributed by atoms with van der Waals surface area (Å²) in [6, 6.07) is 11.5. The van der Waals surface area contributed by atoms with E-state index in [4.69, 9.17) is 5.21 Å². The molecule has 2 aromatic carbocycles. The van der Waals surface area contributed by atoms with Crippen molar-refractivity contribution >= 4 is 23.4 Å². The van der Waals surface area contributed by atoms with Crippen LogP contribution in [0.3, 0.4) is 0 Å². The molecule has 3 amide bonds. The van der Waals surface area contributed by atoms with Crippen molar-refractivity contribution in [2.24, 2.45) is 0 Å². The topological polar surface area (TPSA) is 111 Å². The number of rotatable bonds is 7. The molecule has 2 aromatic rings. The molecule has 2 unspecified atom stereocenters. The number of anilines is 1. The normalized spacial score (nSPS) is 12.6. The molecule has 0 heterocycles. The molecule has 0 bridgehead atoms. The average Bonchev–Trinajstić information content (AvgIpc) is 2.84. The van der Waals surface area contributed by atoms with Crippen LogP contribution in [0.25, 0.3) is 0 Å². The highest BCUT2D eigenvalue weighted by atomic mass is 19.3. The average molecular weight is 497 g/mol. The van der Waals surface area contributed by atoms with Gasteiger partial charge in [-0.25, -0.2) is 14.3 Å². The van der Waals surface area contributed by atoms with E-state index in [1.54, 1.807) is 0 Å². The number of carbonyl (C=O) groups is 3. The van der Waals surface area contributed by atoms with Crippen molar-refractivity contribution < 1.29 is 28.4 Å². The summed E-state index contributed by atoms with van der Waals surface area (Å²) in [5, 5.41) is 13.1. The van der Waals surface area contributed by atoms with Gasteiger partial charge < -0.3 is 15.5 Å². The van der Waals surface area contributed by atoms with Crippen LogP contribution in [0.1, 0.15) is 35.3 Å². The molecule has 0 fully saturated rings. The molecule has 0 saturated heterocycles. The lowest BCUT2D eigenvalue weighted by molar-refractivity contribution is -0.137. The molecule has 0 aromatic heterocycles. The third-order valence-electron chi connectivity index (χ3n) is 5.15. The monoisotopic (exact) mass is 496 g/mol. The Morgan fingerprint density at radius 3 is 1.86 bits per heavy atom. The minimum atomic E-state index is -3.24. The zero-order valence-corrected chi connectivity index (χ0v) is 20.1. The Hall–Kier alpha value is -4.41. The van der Waals surface area contributed by atoms with E-state index in [1.807, 2.05) is 48.6 Å². The highest BCUT2D eigenvalue weighted by Gasteiger charge is 2.48. The summed E-state index contributed by atoms with van der Waals surface area (Å²) in [5.74, 6) is 8.18. The summed E-state index contributed by atoms with van der Waals surface area (Å²) >= 11 is 0. The van der Waals surface area contributed by atoms with Crippen molar-refractivity contribution in [1.82, 2.24) is 16.1 Å². The molecule has 0 aliphatic carbocycles. The van der Waals surface area contributed by atoms with Crippen LogP contribution in [-0.2, 0) is 9.59 Å². The Morgan fingerprint density at radius 1 is 0.944 bits per heavy atom. The molecule has 0 radical (unpaired) electrons. The van der Waals surface area contributed by atoms with Crippen LogP contribution >= 0.6 is 0 Å². The lowest BCUT2D eigenvalue weighted by atomic mass is 9.91. The highest BCUT2D eigenvalue weighted by molar-refractivity contribution is 5.98. The molecular formula is C26H26F2N4O4. The quantitative estimate of drug-likeness (QED) is 0.266. The minimum absolute atomic E-state index is 0.0443. The first-order valence-corrected chi connectivity index (χ1v) is 10.7. The van der Waals surface area contributed by atoms with E-state index in [0.29, 0.717) is 5.56 Å². The molecule has 0 aliphatic rings. The Balaban J connectivity index is 2.15. The number of amides is 3. The van der Waals surface area contributed by atoms with Crippen molar-refractivity contribution in [2.45, 2.75) is 31.9 Å². The van der Waals surface area contributed by atoms with Gasteiger partial charge in [-0.15, -0.1) is 0 Å². The lowest BCUT2D eigenvalue weighted by Gasteiger charge is -2.36. The van der Waals surface area contributed by atoms with Gasteiger partial charge in [0, 0.05) is 43.4 Å². The van der Waals surface area contributed by atoms with E-state index in [9.17, 15) is 23.2 Å². The number of nitrogens with one attached hydrogen (secondary N) is 3. The zero-order chi connectivity index (χ0) is 26.9. The fraction of sp³-hybridized carbons (Fsp3) is 0.269. The summed E-state index contributed by atoms with van der Waals surface area (Å²) < 4.78 is 27.5. The molecular weight excluding hydrogens is 470 g/mol. The first kappa shape index (κ1) is 27.8. The standard InChI is InChI=1S/C26H26F2N4O4/c1-17(33)30-26(2,25(27)28)22(24(35)31-36)29-23(34)20-13-9-18(10-14-20)7-5-6-8-19-11-15-21(16-12-19)32(3)4/h9-16,22,25,36H,1-4H3,(H,29,34)(H,30,33)(H,31,35). The Labute approximate surface area is 208 Å². The van der Waals surface area contributed by atoms with Crippen LogP contribution in [0.5, 0.6) is 0 Å². The molecule has 10 heteroatoms. The third kappa shape index (κ3) is 7.29. The van der Waals surface area contributed by atoms with Crippen LogP contribution in [0, 0.1) is 23.7 Å². The van der Waals surface area contributed by atoms with E-state index >= 15 is 0 Å². The van der Waals surface area contributed by atoms with E-state index in [-0.39, 0.29) is 5.56 Å². The van der Waals surface area contributed by atoms with E-state index in [2.05, 4.69) is 29.0 Å². The van der Waals surface area contributed by atoms with Crippen LogP contribution in [-0.4, -0.2) is 55.0 Å². The van der Waals surface area contributed by atoms with Crippen molar-refractivity contribution in [1.29, 1.82) is 0 Å². The lowest BCUT2D eigenvalue weighted by Crippen LogP contribution is -2.68. The zero-order valence-electron chi connectivity index (χ0n) is 20.1. The number of halogens is 2. The summed E-state index contributed by atoms with van der Waals surface area (Å²) in [6.45, 7) is 1.87. The van der Waals surface area contributed by atoms with Gasteiger partial charge in [0.1, 0.15) is 11.6 Å². The molecule has 0 aliphatic heterocycles. The van der Waals surface area contributed by atoms with Crippen LogP contribution in [0.2, 0.25) is 0 Å². The highest BCUT2D eigenvalue weighted by Crippen LogP contribution is 2.21. The van der Waals surface area contributed by atoms with Gasteiger partial charge in [-0.3, -0.25) is 19.6 Å². The van der Waals surface area contributed by atoms with E-state index in [0.717, 1.165) is 25.1 Å². The summed E-state index contributed by atoms with van der Waals surface area (Å²) in [4.78, 5) is 38.1. The number of benzene rings is 2. The fourth-order valence-corrected chi connectivity index (χ4v) is 3.15. The Kier molecular flexibility index (Phi) is 9.54. The number of hydroxylamine groups is 1. The van der Waals surface area contributed by atoms with E-state index < -0.39 is 35.7 Å². The van der Waals surface area contributed by atoms with Crippen molar-refractivity contribution in [3.8, 4) is 23.7 Å². The van der Waals surface area contributed by atoms with Gasteiger partial charge in [0.15, 0.2) is 0 Å². The molecule has 2 rings (SSSR count). The number of hydrogen-bond acceptors (Lipinski definition) is 5. The third-order valence-corrected chi connectivity index (χ3v) is 5.15. The second-order valence-corrected chi connectivity index (χ2v) is 8.17. The first-order valence-electron chi connectivity index (χ1n) is 10.7. The number of nitrogens with zero attached hydrogens (tertiary/aromatic N) is 1. The van der Waals surface area contributed by atoms with Gasteiger partial charge in [-0.2, -0.15) is 0 Å². The van der Waals surface area contributed by atoms with Gasteiger partial charge in [0.05, 0.1) is 0 Å². The predicted octanol–water partition coefficient (Wildman–Crippen LogP) is 1.92. The number of carbonyl (C=O) groups excluding carboxylic acids is 3.